The number of hydrogen-bond acceptors (Lipinski definition) is 6. The number of amides is 1. The molecule has 0 aromatic carbocycles. The first-order chi connectivity index (χ1) is 11.6. The Bertz CT molecular complexity index is 572. The molecule has 3 heterocycles. The van der Waals surface area contributed by atoms with Gasteiger partial charge in [-0.2, -0.15) is 0 Å². The number of pyridine rings is 1. The van der Waals surface area contributed by atoms with Crippen molar-refractivity contribution < 1.29 is 14.3 Å². The summed E-state index contributed by atoms with van der Waals surface area (Å²) in [4.78, 5) is 19.8. The van der Waals surface area contributed by atoms with Crippen LogP contribution in [0.4, 0.5) is 10.6 Å². The van der Waals surface area contributed by atoms with Crippen LogP contribution >= 0.6 is 11.6 Å². The summed E-state index contributed by atoms with van der Waals surface area (Å²) >= 11 is 6.22. The summed E-state index contributed by atoms with van der Waals surface area (Å²) in [5, 5.41) is 0.506. The van der Waals surface area contributed by atoms with Crippen molar-refractivity contribution in [1.29, 1.82) is 0 Å². The molecule has 7 nitrogen and oxygen atoms in total. The summed E-state index contributed by atoms with van der Waals surface area (Å²) in [6.07, 6.45) is 0.680. The largest absolute Gasteiger partial charge is 0.446 e. The van der Waals surface area contributed by atoms with E-state index < -0.39 is 6.09 Å². The molecule has 0 bridgehead atoms. The van der Waals surface area contributed by atoms with Gasteiger partial charge in [-0.3, -0.25) is 4.90 Å². The average molecular weight is 355 g/mol. The van der Waals surface area contributed by atoms with Gasteiger partial charge in [-0.25, -0.2) is 9.78 Å². The second-order valence-electron chi connectivity index (χ2n) is 6.17. The third-order valence-corrected chi connectivity index (χ3v) is 4.59. The number of carbonyl (C=O) groups excluding carboxylic acids is 1. The van der Waals surface area contributed by atoms with Crippen LogP contribution in [0.1, 0.15) is 18.4 Å². The van der Waals surface area contributed by atoms with E-state index in [4.69, 9.17) is 26.8 Å². The van der Waals surface area contributed by atoms with Gasteiger partial charge in [-0.05, 0) is 17.7 Å². The van der Waals surface area contributed by atoms with Gasteiger partial charge in [0, 0.05) is 45.6 Å². The fraction of sp³-hybridized carbons (Fsp3) is 0.625. The number of rotatable bonds is 4. The molecule has 24 heavy (non-hydrogen) atoms. The molecular formula is C16H23ClN4O3. The van der Waals surface area contributed by atoms with Crippen LogP contribution < -0.4 is 10.6 Å². The average Bonchev–Trinajstić information content (AvgIpc) is 2.55. The molecule has 2 fully saturated rings. The molecular weight excluding hydrogens is 332 g/mol. The summed E-state index contributed by atoms with van der Waals surface area (Å²) in [6, 6.07) is 4.01. The van der Waals surface area contributed by atoms with Crippen molar-refractivity contribution in [2.75, 3.05) is 44.3 Å². The minimum atomic E-state index is -0.706. The topological polar surface area (TPSA) is 80.9 Å². The number of nitrogens with zero attached hydrogens (tertiary/aromatic N) is 3. The Kier molecular flexibility index (Phi) is 5.76. The molecule has 2 aliphatic heterocycles. The van der Waals surface area contributed by atoms with Crippen molar-refractivity contribution in [2.24, 2.45) is 5.73 Å². The Morgan fingerprint density at radius 2 is 2.00 bits per heavy atom. The summed E-state index contributed by atoms with van der Waals surface area (Å²) < 4.78 is 10.5. The SMILES string of the molecule is NC(=O)OC1CCN(c2cc(CN3CCOCC3)cc(Cl)n2)CC1. The maximum atomic E-state index is 10.8. The zero-order valence-corrected chi connectivity index (χ0v) is 14.4. The van der Waals surface area contributed by atoms with Crippen LogP contribution in [-0.2, 0) is 16.0 Å². The normalized spacial score (nSPS) is 20.1. The van der Waals surface area contributed by atoms with Gasteiger partial charge in [0.1, 0.15) is 17.1 Å². The first-order valence-corrected chi connectivity index (χ1v) is 8.65. The molecule has 1 aromatic heterocycles. The van der Waals surface area contributed by atoms with Gasteiger partial charge in [0.25, 0.3) is 0 Å². The molecule has 2 N–H and O–H groups in total. The lowest BCUT2D eigenvalue weighted by Crippen LogP contribution is -2.39. The Morgan fingerprint density at radius 3 is 2.67 bits per heavy atom. The lowest BCUT2D eigenvalue weighted by molar-refractivity contribution is 0.0342. The predicted octanol–water partition coefficient (Wildman–Crippen LogP) is 1.63. The number of hydrogen-bond donors (Lipinski definition) is 1. The van der Waals surface area contributed by atoms with Crippen LogP contribution in [0.5, 0.6) is 0 Å². The highest BCUT2D eigenvalue weighted by Crippen LogP contribution is 2.24. The van der Waals surface area contributed by atoms with Gasteiger partial charge >= 0.3 is 6.09 Å². The summed E-state index contributed by atoms with van der Waals surface area (Å²) in [5.41, 5.74) is 6.23. The van der Waals surface area contributed by atoms with E-state index in [0.29, 0.717) is 5.15 Å². The van der Waals surface area contributed by atoms with Gasteiger partial charge < -0.3 is 20.1 Å². The molecule has 0 aliphatic carbocycles. The maximum Gasteiger partial charge on any atom is 0.404 e. The Morgan fingerprint density at radius 1 is 1.29 bits per heavy atom. The number of aromatic nitrogens is 1. The molecule has 1 amide bonds. The molecule has 2 aliphatic rings. The van der Waals surface area contributed by atoms with Gasteiger partial charge in [-0.1, -0.05) is 11.6 Å². The first-order valence-electron chi connectivity index (χ1n) is 8.28. The molecule has 0 saturated carbocycles. The molecule has 1 aromatic rings. The van der Waals surface area contributed by atoms with E-state index in [2.05, 4.69) is 20.9 Å². The zero-order valence-electron chi connectivity index (χ0n) is 13.6. The van der Waals surface area contributed by atoms with Crippen molar-refractivity contribution in [1.82, 2.24) is 9.88 Å². The van der Waals surface area contributed by atoms with Crippen molar-refractivity contribution in [2.45, 2.75) is 25.5 Å². The standard InChI is InChI=1S/C16H23ClN4O3/c17-14-9-12(11-20-5-7-23-8-6-20)10-15(19-14)21-3-1-13(2-4-21)24-16(18)22/h9-10,13H,1-8,11H2,(H2,18,22). The highest BCUT2D eigenvalue weighted by atomic mass is 35.5. The molecule has 0 spiro atoms. The van der Waals surface area contributed by atoms with Crippen LogP contribution in [0.2, 0.25) is 5.15 Å². The number of carbonyl (C=O) groups is 1. The fourth-order valence-corrected chi connectivity index (χ4v) is 3.40. The summed E-state index contributed by atoms with van der Waals surface area (Å²) in [6.45, 7) is 5.80. The third kappa shape index (κ3) is 4.72. The van der Waals surface area contributed by atoms with E-state index in [9.17, 15) is 4.79 Å². The van der Waals surface area contributed by atoms with Gasteiger partial charge in [0.15, 0.2) is 0 Å². The lowest BCUT2D eigenvalue weighted by Gasteiger charge is -2.32. The smallest absolute Gasteiger partial charge is 0.404 e. The van der Waals surface area contributed by atoms with Gasteiger partial charge in [0.2, 0.25) is 0 Å². The summed E-state index contributed by atoms with van der Waals surface area (Å²) in [5.74, 6) is 0.878. The van der Waals surface area contributed by atoms with Crippen LogP contribution in [0.25, 0.3) is 0 Å². The molecule has 3 rings (SSSR count). The second-order valence-corrected chi connectivity index (χ2v) is 6.56. The van der Waals surface area contributed by atoms with Crippen LogP contribution in [-0.4, -0.2) is 61.5 Å². The lowest BCUT2D eigenvalue weighted by atomic mass is 10.1. The predicted molar refractivity (Wildman–Crippen MR) is 91.2 cm³/mol. The number of halogens is 1. The van der Waals surface area contributed by atoms with Crippen LogP contribution in [0, 0.1) is 0 Å². The van der Waals surface area contributed by atoms with E-state index in [1.807, 2.05) is 6.07 Å². The quantitative estimate of drug-likeness (QED) is 0.828. The van der Waals surface area contributed by atoms with E-state index in [-0.39, 0.29) is 6.10 Å². The van der Waals surface area contributed by atoms with Crippen molar-refractivity contribution in [3.05, 3.63) is 22.8 Å². The minimum Gasteiger partial charge on any atom is -0.446 e. The maximum absolute atomic E-state index is 10.8. The third-order valence-electron chi connectivity index (χ3n) is 4.40. The number of nitrogens with two attached hydrogens (primary N) is 1. The fourth-order valence-electron chi connectivity index (χ4n) is 3.17. The van der Waals surface area contributed by atoms with E-state index in [1.165, 1.54) is 0 Å². The summed E-state index contributed by atoms with van der Waals surface area (Å²) in [7, 11) is 0. The highest BCUT2D eigenvalue weighted by Gasteiger charge is 2.23. The van der Waals surface area contributed by atoms with Crippen LogP contribution in [0.3, 0.4) is 0 Å². The monoisotopic (exact) mass is 354 g/mol. The van der Waals surface area contributed by atoms with Gasteiger partial charge in [-0.15, -0.1) is 0 Å². The second kappa shape index (κ2) is 8.00. The molecule has 132 valence electrons. The molecule has 0 unspecified atom stereocenters. The molecule has 2 saturated heterocycles. The number of anilines is 1. The van der Waals surface area contributed by atoms with Crippen molar-refractivity contribution in [3.63, 3.8) is 0 Å². The van der Waals surface area contributed by atoms with Crippen molar-refractivity contribution in [3.8, 4) is 0 Å². The van der Waals surface area contributed by atoms with Gasteiger partial charge in [0.05, 0.1) is 13.2 Å². The molecule has 0 radical (unpaired) electrons. The number of piperidine rings is 1. The van der Waals surface area contributed by atoms with Crippen LogP contribution in [0.15, 0.2) is 12.1 Å². The highest BCUT2D eigenvalue weighted by molar-refractivity contribution is 6.29. The number of primary amides is 1. The van der Waals surface area contributed by atoms with E-state index >= 15 is 0 Å². The van der Waals surface area contributed by atoms with E-state index in [0.717, 1.165) is 70.2 Å². The molecule has 8 heteroatoms. The first kappa shape index (κ1) is 17.3. The number of ether oxygens (including phenoxy) is 2. The van der Waals surface area contributed by atoms with E-state index in [1.54, 1.807) is 0 Å². The molecule has 0 atom stereocenters. The van der Waals surface area contributed by atoms with Crippen molar-refractivity contribution >= 4 is 23.5 Å². The Balaban J connectivity index is 1.62. The Labute approximate surface area is 146 Å². The zero-order chi connectivity index (χ0) is 16.9. The number of morpholine rings is 1. The Hall–Kier alpha value is -1.57. The minimum absolute atomic E-state index is 0.106.